The predicted octanol–water partition coefficient (Wildman–Crippen LogP) is 6.48. The van der Waals surface area contributed by atoms with Crippen molar-refractivity contribution in [1.82, 2.24) is 15.0 Å². The standard InChI is InChI=1S/C39H29N3O2P2/c43-45(30-16-5-1-6-17-30,31-18-7-2-8-19-31)38-28-14-26-36(41-38)34-24-13-25-35(40-34)37-27-15-29-39(42-37)46(44,32-20-9-3-10-21-32)33-22-11-4-12-23-33/h1-29H. The van der Waals surface area contributed by atoms with E-state index in [2.05, 4.69) is 0 Å². The monoisotopic (exact) mass is 633 g/mol. The van der Waals surface area contributed by atoms with Gasteiger partial charge in [-0.3, -0.25) is 0 Å². The van der Waals surface area contributed by atoms with E-state index in [9.17, 15) is 9.13 Å². The molecular formula is C39H29N3O2P2. The van der Waals surface area contributed by atoms with Crippen LogP contribution in [-0.2, 0) is 9.13 Å². The lowest BCUT2D eigenvalue weighted by atomic mass is 10.2. The summed E-state index contributed by atoms with van der Waals surface area (Å²) in [5, 5.41) is 2.87. The summed E-state index contributed by atoms with van der Waals surface area (Å²) in [6, 6.07) is 54.8. The van der Waals surface area contributed by atoms with Gasteiger partial charge in [0.2, 0.25) is 0 Å². The van der Waals surface area contributed by atoms with Gasteiger partial charge in [0.15, 0.2) is 14.3 Å². The van der Waals surface area contributed by atoms with Crippen molar-refractivity contribution in [2.75, 3.05) is 0 Å². The van der Waals surface area contributed by atoms with Crippen molar-refractivity contribution in [2.24, 2.45) is 0 Å². The molecule has 0 saturated heterocycles. The molecule has 0 aliphatic rings. The van der Waals surface area contributed by atoms with Crippen LogP contribution in [0.3, 0.4) is 0 Å². The Morgan fingerprint density at radius 2 is 0.543 bits per heavy atom. The third-order valence-electron chi connectivity index (χ3n) is 7.87. The first kappa shape index (κ1) is 29.5. The van der Waals surface area contributed by atoms with Crippen LogP contribution < -0.4 is 32.1 Å². The van der Waals surface area contributed by atoms with Crippen LogP contribution in [-0.4, -0.2) is 15.0 Å². The summed E-state index contributed by atoms with van der Waals surface area (Å²) in [5.41, 5.74) is 3.41. The Hall–Kier alpha value is -5.21. The molecule has 0 atom stereocenters. The van der Waals surface area contributed by atoms with Gasteiger partial charge in [-0.05, 0) is 36.4 Å². The van der Waals surface area contributed by atoms with E-state index in [0.29, 0.717) is 33.6 Å². The molecule has 0 fully saturated rings. The molecule has 222 valence electrons. The largest absolute Gasteiger partial charge is 0.307 e. The molecule has 0 aliphatic heterocycles. The Morgan fingerprint density at radius 1 is 0.283 bits per heavy atom. The average Bonchev–Trinajstić information content (AvgIpc) is 3.16. The second-order valence-corrected chi connectivity index (χ2v) is 16.1. The van der Waals surface area contributed by atoms with Crippen LogP contribution >= 0.6 is 14.3 Å². The van der Waals surface area contributed by atoms with E-state index in [1.54, 1.807) is 0 Å². The minimum Gasteiger partial charge on any atom is -0.307 e. The number of hydrogen-bond acceptors (Lipinski definition) is 5. The SMILES string of the molecule is O=P(c1ccccc1)(c1ccccc1)c1cccc(-c2cccc(-c3cccc(P(=O)(c4ccccc4)c4ccccc4)n3)n2)n1. The van der Waals surface area contributed by atoms with Gasteiger partial charge >= 0.3 is 0 Å². The molecule has 5 nitrogen and oxygen atoms in total. The third-order valence-corrected chi connectivity index (χ3v) is 13.8. The minimum absolute atomic E-state index is 0.487. The van der Waals surface area contributed by atoms with Crippen molar-refractivity contribution in [3.63, 3.8) is 0 Å². The molecule has 0 N–H and O–H groups in total. The molecule has 0 bridgehead atoms. The highest BCUT2D eigenvalue weighted by atomic mass is 31.2. The van der Waals surface area contributed by atoms with Crippen molar-refractivity contribution >= 4 is 46.4 Å². The van der Waals surface area contributed by atoms with Crippen LogP contribution in [0.5, 0.6) is 0 Å². The summed E-state index contributed by atoms with van der Waals surface area (Å²) >= 11 is 0. The van der Waals surface area contributed by atoms with Gasteiger partial charge in [-0.25, -0.2) is 15.0 Å². The first-order valence-electron chi connectivity index (χ1n) is 14.9. The zero-order chi connectivity index (χ0) is 31.4. The van der Waals surface area contributed by atoms with Crippen LogP contribution in [0.25, 0.3) is 22.8 Å². The van der Waals surface area contributed by atoms with Gasteiger partial charge in [0.1, 0.15) is 10.9 Å². The molecule has 0 saturated carbocycles. The molecule has 0 spiro atoms. The fourth-order valence-corrected chi connectivity index (χ4v) is 10.7. The maximum Gasteiger partial charge on any atom is 0.188 e. The number of rotatable bonds is 8. The fourth-order valence-electron chi connectivity index (χ4n) is 5.58. The summed E-state index contributed by atoms with van der Waals surface area (Å²) in [6.07, 6.45) is 0. The molecule has 4 aromatic carbocycles. The van der Waals surface area contributed by atoms with Gasteiger partial charge in [0.25, 0.3) is 0 Å². The third kappa shape index (κ3) is 5.45. The Bertz CT molecular complexity index is 1970. The van der Waals surface area contributed by atoms with E-state index in [1.807, 2.05) is 176 Å². The highest BCUT2D eigenvalue weighted by Crippen LogP contribution is 2.43. The molecule has 7 aromatic rings. The maximum absolute atomic E-state index is 14.9. The molecule has 46 heavy (non-hydrogen) atoms. The van der Waals surface area contributed by atoms with E-state index in [4.69, 9.17) is 15.0 Å². The number of aromatic nitrogens is 3. The van der Waals surface area contributed by atoms with Gasteiger partial charge in [-0.2, -0.15) is 0 Å². The normalized spacial score (nSPS) is 11.7. The molecule has 3 heterocycles. The molecule has 0 amide bonds. The van der Waals surface area contributed by atoms with Crippen molar-refractivity contribution < 1.29 is 9.13 Å². The number of nitrogens with zero attached hydrogens (tertiary/aromatic N) is 3. The minimum atomic E-state index is -3.26. The molecule has 3 aromatic heterocycles. The lowest BCUT2D eigenvalue weighted by Gasteiger charge is -2.20. The van der Waals surface area contributed by atoms with Crippen molar-refractivity contribution in [2.45, 2.75) is 0 Å². The Morgan fingerprint density at radius 3 is 0.848 bits per heavy atom. The van der Waals surface area contributed by atoms with Crippen molar-refractivity contribution in [3.8, 4) is 22.8 Å². The summed E-state index contributed by atoms with van der Waals surface area (Å²) in [6.45, 7) is 0. The topological polar surface area (TPSA) is 72.8 Å². The number of hydrogen-bond donors (Lipinski definition) is 0. The van der Waals surface area contributed by atoms with E-state index < -0.39 is 14.3 Å². The lowest BCUT2D eigenvalue weighted by Crippen LogP contribution is -2.27. The first-order valence-corrected chi connectivity index (χ1v) is 18.3. The summed E-state index contributed by atoms with van der Waals surface area (Å²) < 4.78 is 29.9. The zero-order valence-corrected chi connectivity index (χ0v) is 26.6. The Balaban J connectivity index is 1.31. The molecule has 7 heteroatoms. The van der Waals surface area contributed by atoms with Gasteiger partial charge < -0.3 is 9.13 Å². The molecular weight excluding hydrogens is 604 g/mol. The van der Waals surface area contributed by atoms with Gasteiger partial charge in [-0.15, -0.1) is 0 Å². The molecule has 0 unspecified atom stereocenters. The number of benzene rings is 4. The lowest BCUT2D eigenvalue weighted by molar-refractivity contribution is 0.591. The van der Waals surface area contributed by atoms with Gasteiger partial charge in [0, 0.05) is 21.2 Å². The summed E-state index contributed by atoms with van der Waals surface area (Å²) in [7, 11) is -6.52. The summed E-state index contributed by atoms with van der Waals surface area (Å²) in [4.78, 5) is 14.8. The quantitative estimate of drug-likeness (QED) is 0.179. The van der Waals surface area contributed by atoms with Crippen LogP contribution in [0.15, 0.2) is 176 Å². The fraction of sp³-hybridized carbons (Fsp3) is 0. The molecule has 0 aliphatic carbocycles. The van der Waals surface area contributed by atoms with Crippen molar-refractivity contribution in [3.05, 3.63) is 176 Å². The Kier molecular flexibility index (Phi) is 8.11. The summed E-state index contributed by atoms with van der Waals surface area (Å²) in [5.74, 6) is 0. The molecule has 7 rings (SSSR count). The van der Waals surface area contributed by atoms with Crippen molar-refractivity contribution in [1.29, 1.82) is 0 Å². The smallest absolute Gasteiger partial charge is 0.188 e. The molecule has 0 radical (unpaired) electrons. The average molecular weight is 634 g/mol. The van der Waals surface area contributed by atoms with Crippen LogP contribution in [0.4, 0.5) is 0 Å². The number of pyridine rings is 3. The van der Waals surface area contributed by atoms with E-state index in [-0.39, 0.29) is 0 Å². The van der Waals surface area contributed by atoms with Crippen LogP contribution in [0, 0.1) is 0 Å². The predicted molar refractivity (Wildman–Crippen MR) is 189 cm³/mol. The second-order valence-electron chi connectivity index (χ2n) is 10.7. The van der Waals surface area contributed by atoms with E-state index in [1.165, 1.54) is 0 Å². The highest BCUT2D eigenvalue weighted by Gasteiger charge is 2.32. The zero-order valence-electron chi connectivity index (χ0n) is 24.8. The van der Waals surface area contributed by atoms with E-state index in [0.717, 1.165) is 21.2 Å². The maximum atomic E-state index is 14.9. The van der Waals surface area contributed by atoms with Gasteiger partial charge in [0.05, 0.1) is 22.8 Å². The van der Waals surface area contributed by atoms with Crippen LogP contribution in [0.1, 0.15) is 0 Å². The van der Waals surface area contributed by atoms with Crippen LogP contribution in [0.2, 0.25) is 0 Å². The first-order chi connectivity index (χ1) is 22.6. The van der Waals surface area contributed by atoms with Gasteiger partial charge in [-0.1, -0.05) is 140 Å². The second kappa shape index (κ2) is 12.7. The Labute approximate surface area is 268 Å². The van der Waals surface area contributed by atoms with E-state index >= 15 is 0 Å². The highest BCUT2D eigenvalue weighted by molar-refractivity contribution is 7.85.